The molecule has 2 N–H and O–H groups in total. The molecule has 118 valence electrons. The van der Waals surface area contributed by atoms with Gasteiger partial charge in [-0.1, -0.05) is 19.9 Å². The van der Waals surface area contributed by atoms with Crippen molar-refractivity contribution in [3.8, 4) is 0 Å². The van der Waals surface area contributed by atoms with Crippen LogP contribution in [0.1, 0.15) is 25.8 Å². The molecule has 7 heteroatoms. The minimum Gasteiger partial charge on any atom is -0.380 e. The molecule has 0 radical (unpaired) electrons. The third kappa shape index (κ3) is 4.47. The summed E-state index contributed by atoms with van der Waals surface area (Å²) in [6, 6.07) is 4.19. The zero-order valence-corrected chi connectivity index (χ0v) is 13.0. The second-order valence-electron chi connectivity index (χ2n) is 5.48. The van der Waals surface area contributed by atoms with Crippen molar-refractivity contribution >= 4 is 10.0 Å². The number of ether oxygens (including phenoxy) is 1. The van der Waals surface area contributed by atoms with Crippen LogP contribution in [0.4, 0.5) is 4.39 Å². The van der Waals surface area contributed by atoms with Crippen molar-refractivity contribution in [1.29, 1.82) is 0 Å². The summed E-state index contributed by atoms with van der Waals surface area (Å²) in [4.78, 5) is -0.317. The third-order valence-electron chi connectivity index (χ3n) is 3.25. The monoisotopic (exact) mass is 316 g/mol. The minimum atomic E-state index is -3.85. The molecule has 1 unspecified atom stereocenters. The first-order valence-corrected chi connectivity index (χ1v) is 8.48. The van der Waals surface area contributed by atoms with Crippen molar-refractivity contribution in [2.75, 3.05) is 13.2 Å². The zero-order chi connectivity index (χ0) is 15.5. The van der Waals surface area contributed by atoms with Gasteiger partial charge in [-0.3, -0.25) is 0 Å². The highest BCUT2D eigenvalue weighted by atomic mass is 32.2. The number of nitrogens with one attached hydrogen (secondary N) is 2. The summed E-state index contributed by atoms with van der Waals surface area (Å²) in [6.45, 7) is 5.33. The lowest BCUT2D eigenvalue weighted by Crippen LogP contribution is -2.35. The number of benzene rings is 1. The van der Waals surface area contributed by atoms with Crippen LogP contribution in [-0.4, -0.2) is 33.7 Å². The Bertz CT molecular complexity index is 584. The average Bonchev–Trinajstić information content (AvgIpc) is 2.88. The topological polar surface area (TPSA) is 67.4 Å². The lowest BCUT2D eigenvalue weighted by atomic mass is 10.2. The van der Waals surface area contributed by atoms with E-state index >= 15 is 0 Å². The predicted molar refractivity (Wildman–Crippen MR) is 77.9 cm³/mol. The number of halogens is 1. The molecule has 1 fully saturated rings. The summed E-state index contributed by atoms with van der Waals surface area (Å²) in [5, 5.41) is 3.16. The van der Waals surface area contributed by atoms with Gasteiger partial charge in [0.05, 0.1) is 6.61 Å². The van der Waals surface area contributed by atoms with Gasteiger partial charge in [0.15, 0.2) is 0 Å². The molecule has 21 heavy (non-hydrogen) atoms. The number of hydrogen-bond donors (Lipinski definition) is 2. The quantitative estimate of drug-likeness (QED) is 0.832. The summed E-state index contributed by atoms with van der Waals surface area (Å²) >= 11 is 0. The molecular weight excluding hydrogens is 295 g/mol. The molecule has 1 aromatic carbocycles. The molecule has 0 spiro atoms. The Kier molecular flexibility index (Phi) is 5.32. The van der Waals surface area contributed by atoms with Crippen molar-refractivity contribution in [3.05, 3.63) is 29.6 Å². The largest absolute Gasteiger partial charge is 0.380 e. The van der Waals surface area contributed by atoms with Crippen LogP contribution in [0.5, 0.6) is 0 Å². The molecule has 5 nitrogen and oxygen atoms in total. The van der Waals surface area contributed by atoms with E-state index in [2.05, 4.69) is 10.0 Å². The van der Waals surface area contributed by atoms with Crippen LogP contribution >= 0.6 is 0 Å². The molecule has 0 bridgehead atoms. The Balaban J connectivity index is 2.11. The normalized spacial score (nSPS) is 19.3. The van der Waals surface area contributed by atoms with E-state index in [0.717, 1.165) is 0 Å². The van der Waals surface area contributed by atoms with Gasteiger partial charge in [-0.05, 0) is 24.1 Å². The number of sulfonamides is 1. The molecule has 1 heterocycles. The van der Waals surface area contributed by atoms with Crippen molar-refractivity contribution in [2.24, 2.45) is 0 Å². The van der Waals surface area contributed by atoms with Crippen LogP contribution < -0.4 is 10.0 Å². The van der Waals surface area contributed by atoms with Gasteiger partial charge in [0.25, 0.3) is 0 Å². The second kappa shape index (κ2) is 6.83. The van der Waals surface area contributed by atoms with Gasteiger partial charge in [0, 0.05) is 25.2 Å². The van der Waals surface area contributed by atoms with Gasteiger partial charge >= 0.3 is 0 Å². The molecular formula is C14H21FN2O3S. The van der Waals surface area contributed by atoms with Gasteiger partial charge in [-0.25, -0.2) is 17.5 Å². The Morgan fingerprint density at radius 3 is 2.76 bits per heavy atom. The maximum absolute atomic E-state index is 14.1. The van der Waals surface area contributed by atoms with Crippen LogP contribution in [0.2, 0.25) is 0 Å². The lowest BCUT2D eigenvalue weighted by molar-refractivity contribution is 0.192. The van der Waals surface area contributed by atoms with Gasteiger partial charge in [-0.15, -0.1) is 0 Å². The van der Waals surface area contributed by atoms with Gasteiger partial charge in [0.2, 0.25) is 10.0 Å². The SMILES string of the molecule is CC(C)NCc1ccc(S(=O)(=O)NC2CCOC2)c(F)c1. The van der Waals surface area contributed by atoms with E-state index in [4.69, 9.17) is 4.74 Å². The summed E-state index contributed by atoms with van der Waals surface area (Å²) in [7, 11) is -3.85. The predicted octanol–water partition coefficient (Wildman–Crippen LogP) is 1.39. The number of hydrogen-bond acceptors (Lipinski definition) is 4. The van der Waals surface area contributed by atoms with Crippen LogP contribution in [0, 0.1) is 5.82 Å². The fraction of sp³-hybridized carbons (Fsp3) is 0.571. The van der Waals surface area contributed by atoms with Gasteiger partial charge in [0.1, 0.15) is 10.7 Å². The Morgan fingerprint density at radius 2 is 2.19 bits per heavy atom. The second-order valence-corrected chi connectivity index (χ2v) is 7.16. The molecule has 1 saturated heterocycles. The van der Waals surface area contributed by atoms with Crippen LogP contribution in [0.25, 0.3) is 0 Å². The van der Waals surface area contributed by atoms with Gasteiger partial charge in [-0.2, -0.15) is 0 Å². The summed E-state index contributed by atoms with van der Waals surface area (Å²) in [5.41, 5.74) is 0.712. The maximum Gasteiger partial charge on any atom is 0.243 e. The highest BCUT2D eigenvalue weighted by Gasteiger charge is 2.25. The Morgan fingerprint density at radius 1 is 1.43 bits per heavy atom. The van der Waals surface area contributed by atoms with E-state index < -0.39 is 15.8 Å². The molecule has 1 atom stereocenters. The van der Waals surface area contributed by atoms with Crippen molar-refractivity contribution in [1.82, 2.24) is 10.0 Å². The maximum atomic E-state index is 14.1. The minimum absolute atomic E-state index is 0.278. The zero-order valence-electron chi connectivity index (χ0n) is 12.2. The van der Waals surface area contributed by atoms with E-state index in [-0.39, 0.29) is 17.0 Å². The molecule has 0 aliphatic carbocycles. The van der Waals surface area contributed by atoms with E-state index in [0.29, 0.717) is 31.7 Å². The molecule has 0 saturated carbocycles. The first-order valence-electron chi connectivity index (χ1n) is 7.00. The van der Waals surface area contributed by atoms with Crippen LogP contribution in [0.15, 0.2) is 23.1 Å². The first kappa shape index (κ1) is 16.4. The van der Waals surface area contributed by atoms with Crippen molar-refractivity contribution in [2.45, 2.75) is 43.8 Å². The van der Waals surface area contributed by atoms with E-state index in [9.17, 15) is 12.8 Å². The molecule has 0 aromatic heterocycles. The molecule has 1 aromatic rings. The van der Waals surface area contributed by atoms with E-state index in [1.807, 2.05) is 13.8 Å². The third-order valence-corrected chi connectivity index (χ3v) is 4.81. The standard InChI is InChI=1S/C14H21FN2O3S/c1-10(2)16-8-11-3-4-14(13(15)7-11)21(18,19)17-12-5-6-20-9-12/h3-4,7,10,12,16-17H,5-6,8-9H2,1-2H3. The Hall–Kier alpha value is -1.02. The van der Waals surface area contributed by atoms with Crippen molar-refractivity contribution in [3.63, 3.8) is 0 Å². The fourth-order valence-electron chi connectivity index (χ4n) is 2.10. The molecule has 0 amide bonds. The highest BCUT2D eigenvalue weighted by Crippen LogP contribution is 2.18. The van der Waals surface area contributed by atoms with E-state index in [1.54, 1.807) is 6.07 Å². The molecule has 1 aliphatic rings. The highest BCUT2D eigenvalue weighted by molar-refractivity contribution is 7.89. The molecule has 2 rings (SSSR count). The molecule has 1 aliphatic heterocycles. The average molecular weight is 316 g/mol. The Labute approximate surface area is 124 Å². The smallest absolute Gasteiger partial charge is 0.243 e. The first-order chi connectivity index (χ1) is 9.88. The van der Waals surface area contributed by atoms with Crippen molar-refractivity contribution < 1.29 is 17.5 Å². The summed E-state index contributed by atoms with van der Waals surface area (Å²) < 4.78 is 46.0. The van der Waals surface area contributed by atoms with Crippen LogP contribution in [0.3, 0.4) is 0 Å². The lowest BCUT2D eigenvalue weighted by Gasteiger charge is -2.13. The van der Waals surface area contributed by atoms with E-state index in [1.165, 1.54) is 12.1 Å². The summed E-state index contributed by atoms with van der Waals surface area (Å²) in [5.74, 6) is -0.732. The fourth-order valence-corrected chi connectivity index (χ4v) is 3.42. The summed E-state index contributed by atoms with van der Waals surface area (Å²) in [6.07, 6.45) is 0.608. The van der Waals surface area contributed by atoms with Gasteiger partial charge < -0.3 is 10.1 Å². The number of rotatable bonds is 6. The van der Waals surface area contributed by atoms with Crippen LogP contribution in [-0.2, 0) is 21.3 Å².